The van der Waals surface area contributed by atoms with E-state index in [2.05, 4.69) is 5.32 Å². The molecule has 1 aromatic carbocycles. The first-order chi connectivity index (χ1) is 15.8. The molecule has 0 bridgehead atoms. The highest BCUT2D eigenvalue weighted by molar-refractivity contribution is 7.97. The molecule has 6 nitrogen and oxygen atoms in total. The van der Waals surface area contributed by atoms with Crippen LogP contribution in [0.25, 0.3) is 0 Å². The van der Waals surface area contributed by atoms with Crippen LogP contribution < -0.4 is 16.4 Å². The zero-order valence-electron chi connectivity index (χ0n) is 17.9. The lowest BCUT2D eigenvalue weighted by Gasteiger charge is -2.29. The van der Waals surface area contributed by atoms with Crippen molar-refractivity contribution in [3.05, 3.63) is 46.2 Å². The second kappa shape index (κ2) is 12.1. The number of amides is 1. The Balaban J connectivity index is 2.33. The van der Waals surface area contributed by atoms with Crippen LogP contribution in [0.15, 0.2) is 41.3 Å². The highest BCUT2D eigenvalue weighted by atomic mass is 32.2. The third-order valence-electron chi connectivity index (χ3n) is 4.47. The van der Waals surface area contributed by atoms with Gasteiger partial charge in [-0.2, -0.15) is 26.3 Å². The molecule has 0 aliphatic rings. The molecule has 0 fully saturated rings. The first kappa shape index (κ1) is 28.2. The number of nitrogens with one attached hydrogen (secondary N) is 2. The molecular formula is C20H24F6N4O2S2. The fourth-order valence-corrected chi connectivity index (χ4v) is 5.16. The first-order valence-corrected chi connectivity index (χ1v) is 11.5. The fraction of sp³-hybridized carbons (Fsp3) is 0.450. The number of aliphatic hydroxyl groups excluding tert-OH is 1. The molecule has 190 valence electrons. The van der Waals surface area contributed by atoms with Crippen molar-refractivity contribution in [2.24, 2.45) is 0 Å². The van der Waals surface area contributed by atoms with Crippen LogP contribution in [0.1, 0.15) is 28.3 Å². The zero-order chi connectivity index (χ0) is 25.5. The Morgan fingerprint density at radius 3 is 2.26 bits per heavy atom. The molecular weight excluding hydrogens is 506 g/mol. The molecule has 2 rings (SSSR count). The average molecular weight is 531 g/mol. The van der Waals surface area contributed by atoms with Gasteiger partial charge in [0.15, 0.2) is 6.04 Å². The van der Waals surface area contributed by atoms with E-state index in [4.69, 9.17) is 5.73 Å². The van der Waals surface area contributed by atoms with Crippen molar-refractivity contribution in [3.8, 4) is 0 Å². The average Bonchev–Trinajstić information content (AvgIpc) is 3.20. The van der Waals surface area contributed by atoms with Gasteiger partial charge in [-0.1, -0.05) is 0 Å². The number of carbonyl (C=O) groups is 1. The first-order valence-electron chi connectivity index (χ1n) is 9.92. The van der Waals surface area contributed by atoms with E-state index in [-0.39, 0.29) is 16.3 Å². The highest BCUT2D eigenvalue weighted by Gasteiger charge is 2.43. The van der Waals surface area contributed by atoms with Crippen LogP contribution >= 0.6 is 23.3 Å². The predicted molar refractivity (Wildman–Crippen MR) is 119 cm³/mol. The van der Waals surface area contributed by atoms with Gasteiger partial charge in [0.2, 0.25) is 5.91 Å². The van der Waals surface area contributed by atoms with Crippen molar-refractivity contribution in [2.75, 3.05) is 32.5 Å². The van der Waals surface area contributed by atoms with Gasteiger partial charge in [0, 0.05) is 26.9 Å². The smallest absolute Gasteiger partial charge is 0.399 e. The molecule has 1 heterocycles. The van der Waals surface area contributed by atoms with Gasteiger partial charge in [-0.05, 0) is 55.4 Å². The van der Waals surface area contributed by atoms with Crippen LogP contribution in [0, 0.1) is 0 Å². The number of nitrogens with zero attached hydrogens (tertiary/aromatic N) is 1. The number of anilines is 1. The van der Waals surface area contributed by atoms with Gasteiger partial charge in [-0.25, -0.2) is 4.31 Å². The second-order valence-corrected chi connectivity index (χ2v) is 9.45. The van der Waals surface area contributed by atoms with Gasteiger partial charge < -0.3 is 21.5 Å². The Hall–Kier alpha value is -2.00. The Kier molecular flexibility index (Phi) is 10.1. The third kappa shape index (κ3) is 8.65. The van der Waals surface area contributed by atoms with Gasteiger partial charge in [-0.3, -0.25) is 4.79 Å². The van der Waals surface area contributed by atoms with E-state index in [0.717, 1.165) is 18.0 Å². The summed E-state index contributed by atoms with van der Waals surface area (Å²) in [6.45, 7) is -1.48. The summed E-state index contributed by atoms with van der Waals surface area (Å²) in [5.74, 6) is -0.871. The normalized spacial score (nSPS) is 14.3. The predicted octanol–water partition coefficient (Wildman–Crippen LogP) is 4.26. The molecule has 1 unspecified atom stereocenters. The van der Waals surface area contributed by atoms with E-state index in [1.54, 1.807) is 24.3 Å². The van der Waals surface area contributed by atoms with Crippen LogP contribution in [0.4, 0.5) is 32.0 Å². The number of carbonyl (C=O) groups excluding carboxylic acids is 1. The minimum atomic E-state index is -4.80. The number of nitrogen functional groups attached to an aromatic ring is 1. The summed E-state index contributed by atoms with van der Waals surface area (Å²) < 4.78 is 80.8. The number of benzene rings is 1. The van der Waals surface area contributed by atoms with Crippen molar-refractivity contribution in [1.29, 1.82) is 0 Å². The second-order valence-electron chi connectivity index (χ2n) is 7.18. The van der Waals surface area contributed by atoms with Crippen molar-refractivity contribution < 1.29 is 36.2 Å². The highest BCUT2D eigenvalue weighted by Crippen LogP contribution is 2.41. The lowest BCUT2D eigenvalue weighted by Crippen LogP contribution is -2.41. The topological polar surface area (TPSA) is 90.6 Å². The summed E-state index contributed by atoms with van der Waals surface area (Å²) in [4.78, 5) is 12.3. The number of hydrogen-bond acceptors (Lipinski definition) is 7. The van der Waals surface area contributed by atoms with E-state index in [9.17, 15) is 36.2 Å². The van der Waals surface area contributed by atoms with Crippen LogP contribution in [-0.2, 0) is 4.79 Å². The zero-order valence-corrected chi connectivity index (χ0v) is 19.5. The number of thiophene rings is 1. The summed E-state index contributed by atoms with van der Waals surface area (Å²) in [5, 5.41) is 14.3. The van der Waals surface area contributed by atoms with Crippen LogP contribution in [-0.4, -0.2) is 54.4 Å². The summed E-state index contributed by atoms with van der Waals surface area (Å²) in [6, 6.07) is 5.44. The number of rotatable bonds is 11. The molecule has 1 amide bonds. The summed E-state index contributed by atoms with van der Waals surface area (Å²) in [6.07, 6.45) is -10.5. The van der Waals surface area contributed by atoms with Gasteiger partial charge in [0.1, 0.15) is 0 Å². The quantitative estimate of drug-likeness (QED) is 0.197. The van der Waals surface area contributed by atoms with Crippen molar-refractivity contribution in [2.45, 2.75) is 35.8 Å². The Morgan fingerprint density at radius 1 is 1.12 bits per heavy atom. The minimum Gasteiger partial charge on any atom is -0.399 e. The monoisotopic (exact) mass is 530 g/mol. The number of alkyl halides is 6. The van der Waals surface area contributed by atoms with Gasteiger partial charge >= 0.3 is 12.4 Å². The van der Waals surface area contributed by atoms with E-state index < -0.39 is 49.9 Å². The molecule has 0 spiro atoms. The molecule has 0 saturated carbocycles. The number of likely N-dealkylation sites (N-methyl/N-ethyl adjacent to an activating group) is 1. The Labute approximate surface area is 200 Å². The molecule has 5 N–H and O–H groups in total. The largest absolute Gasteiger partial charge is 0.413 e. The molecule has 0 aliphatic heterocycles. The third-order valence-corrected chi connectivity index (χ3v) is 6.88. The summed E-state index contributed by atoms with van der Waals surface area (Å²) in [5.41, 5.74) is 6.08. The minimum absolute atomic E-state index is 0.222. The molecule has 2 aromatic rings. The van der Waals surface area contributed by atoms with Gasteiger partial charge in [-0.15, -0.1) is 11.3 Å². The van der Waals surface area contributed by atoms with E-state index in [1.165, 1.54) is 17.4 Å². The standard InChI is InChI=1S/C20H24F6N4O2S2/c1-28-10-17(32)29-18(20(24,25)26)16-7-6-15(33-16)14(11-31)30(9-8-19(21,22)23)34-13-4-2-12(27)3-5-13/h2-7,14,18,28,31H,8-11,27H2,1H3,(H,29,32)/t14-,18?/m1/s1. The summed E-state index contributed by atoms with van der Waals surface area (Å²) in [7, 11) is 1.41. The SMILES string of the molecule is CNCC(=O)NC(c1ccc([C@@H](CO)N(CCC(F)(F)F)Sc2ccc(N)cc2)s1)C(F)(F)F. The number of halogens is 6. The van der Waals surface area contributed by atoms with Crippen LogP contribution in [0.2, 0.25) is 0 Å². The maximum absolute atomic E-state index is 13.6. The maximum Gasteiger partial charge on any atom is 0.413 e. The maximum atomic E-state index is 13.6. The molecule has 1 aromatic heterocycles. The Morgan fingerprint density at radius 2 is 1.74 bits per heavy atom. The molecule has 34 heavy (non-hydrogen) atoms. The molecule has 0 saturated heterocycles. The number of nitrogens with two attached hydrogens (primary N) is 1. The van der Waals surface area contributed by atoms with Crippen molar-refractivity contribution in [3.63, 3.8) is 0 Å². The molecule has 0 aliphatic carbocycles. The lowest BCUT2D eigenvalue weighted by molar-refractivity contribution is -0.162. The van der Waals surface area contributed by atoms with Crippen molar-refractivity contribution >= 4 is 34.9 Å². The van der Waals surface area contributed by atoms with E-state index in [1.807, 2.05) is 5.32 Å². The molecule has 2 atom stereocenters. The van der Waals surface area contributed by atoms with Gasteiger partial charge in [0.05, 0.1) is 25.6 Å². The van der Waals surface area contributed by atoms with Crippen LogP contribution in [0.5, 0.6) is 0 Å². The van der Waals surface area contributed by atoms with Crippen LogP contribution in [0.3, 0.4) is 0 Å². The fourth-order valence-electron chi connectivity index (χ4n) is 2.88. The Bertz CT molecular complexity index is 921. The van der Waals surface area contributed by atoms with E-state index in [0.29, 0.717) is 21.9 Å². The van der Waals surface area contributed by atoms with E-state index >= 15 is 0 Å². The number of hydrogen-bond donors (Lipinski definition) is 4. The molecule has 14 heteroatoms. The number of aliphatic hydroxyl groups is 1. The van der Waals surface area contributed by atoms with Gasteiger partial charge in [0.25, 0.3) is 0 Å². The lowest BCUT2D eigenvalue weighted by atomic mass is 10.2. The molecule has 0 radical (unpaired) electrons. The summed E-state index contributed by atoms with van der Waals surface area (Å²) >= 11 is 1.59. The van der Waals surface area contributed by atoms with Crippen molar-refractivity contribution in [1.82, 2.24) is 14.9 Å².